The Bertz CT molecular complexity index is 805. The number of hydrogen-bond donors (Lipinski definition) is 1. The molecule has 0 spiro atoms. The summed E-state index contributed by atoms with van der Waals surface area (Å²) >= 11 is 1.24. The minimum atomic E-state index is -0.718. The van der Waals surface area contributed by atoms with E-state index in [9.17, 15) is 9.18 Å². The highest BCUT2D eigenvalue weighted by atomic mass is 32.1. The standard InChI is InChI=1S/C17H13FN2O2S/c18-16-13(7-4-9-19-16)20-17(21)15-14(8-10-23-15)22-11-12-5-2-1-3-6-12/h1-10H,11H2,(H,20,21). The molecule has 23 heavy (non-hydrogen) atoms. The lowest BCUT2D eigenvalue weighted by molar-refractivity contribution is 0.102. The number of aromatic nitrogens is 1. The van der Waals surface area contributed by atoms with Crippen LogP contribution >= 0.6 is 11.3 Å². The van der Waals surface area contributed by atoms with E-state index in [-0.39, 0.29) is 5.69 Å². The number of ether oxygens (including phenoxy) is 1. The molecule has 0 saturated heterocycles. The van der Waals surface area contributed by atoms with Crippen LogP contribution in [0.15, 0.2) is 60.1 Å². The van der Waals surface area contributed by atoms with Crippen LogP contribution in [-0.4, -0.2) is 10.9 Å². The van der Waals surface area contributed by atoms with Gasteiger partial charge in [0.1, 0.15) is 17.2 Å². The van der Waals surface area contributed by atoms with Gasteiger partial charge in [-0.05, 0) is 29.1 Å². The maximum Gasteiger partial charge on any atom is 0.269 e. The zero-order valence-electron chi connectivity index (χ0n) is 12.0. The van der Waals surface area contributed by atoms with Crippen molar-refractivity contribution in [2.24, 2.45) is 0 Å². The van der Waals surface area contributed by atoms with Crippen molar-refractivity contribution in [3.05, 3.63) is 76.5 Å². The first kappa shape index (κ1) is 15.2. The van der Waals surface area contributed by atoms with Crippen molar-refractivity contribution in [2.75, 3.05) is 5.32 Å². The topological polar surface area (TPSA) is 51.2 Å². The molecule has 0 atom stereocenters. The Kier molecular flexibility index (Phi) is 4.63. The van der Waals surface area contributed by atoms with Crippen LogP contribution in [-0.2, 0) is 6.61 Å². The fourth-order valence-electron chi connectivity index (χ4n) is 1.97. The smallest absolute Gasteiger partial charge is 0.269 e. The molecule has 3 rings (SSSR count). The Morgan fingerprint density at radius 3 is 2.78 bits per heavy atom. The van der Waals surface area contributed by atoms with Crippen LogP contribution in [0.25, 0.3) is 0 Å². The van der Waals surface area contributed by atoms with Gasteiger partial charge in [-0.15, -0.1) is 11.3 Å². The Morgan fingerprint density at radius 1 is 1.17 bits per heavy atom. The second-order valence-corrected chi connectivity index (χ2v) is 5.60. The molecule has 0 radical (unpaired) electrons. The first-order valence-electron chi connectivity index (χ1n) is 6.90. The number of benzene rings is 1. The molecular weight excluding hydrogens is 315 g/mol. The van der Waals surface area contributed by atoms with Crippen LogP contribution in [0.3, 0.4) is 0 Å². The highest BCUT2D eigenvalue weighted by Crippen LogP contribution is 2.27. The molecular formula is C17H13FN2O2S. The molecule has 2 heterocycles. The number of rotatable bonds is 5. The summed E-state index contributed by atoms with van der Waals surface area (Å²) in [4.78, 5) is 16.2. The molecule has 116 valence electrons. The Labute approximate surface area is 136 Å². The lowest BCUT2D eigenvalue weighted by Crippen LogP contribution is -2.13. The third kappa shape index (κ3) is 3.73. The molecule has 3 aromatic rings. The van der Waals surface area contributed by atoms with Gasteiger partial charge in [0.05, 0.1) is 5.69 Å². The summed E-state index contributed by atoms with van der Waals surface area (Å²) in [5, 5.41) is 4.26. The van der Waals surface area contributed by atoms with E-state index in [0.29, 0.717) is 17.2 Å². The number of nitrogens with one attached hydrogen (secondary N) is 1. The second kappa shape index (κ2) is 7.02. The van der Waals surface area contributed by atoms with Gasteiger partial charge in [0.25, 0.3) is 5.91 Å². The van der Waals surface area contributed by atoms with Gasteiger partial charge in [0.15, 0.2) is 0 Å². The first-order valence-corrected chi connectivity index (χ1v) is 7.78. The highest BCUT2D eigenvalue weighted by molar-refractivity contribution is 7.12. The summed E-state index contributed by atoms with van der Waals surface area (Å²) in [5.74, 6) is -0.667. The van der Waals surface area contributed by atoms with Gasteiger partial charge in [-0.2, -0.15) is 4.39 Å². The van der Waals surface area contributed by atoms with E-state index in [0.717, 1.165) is 5.56 Å². The molecule has 0 fully saturated rings. The maximum absolute atomic E-state index is 13.5. The van der Waals surface area contributed by atoms with Gasteiger partial charge in [0.2, 0.25) is 5.95 Å². The molecule has 6 heteroatoms. The Balaban J connectivity index is 1.70. The molecule has 0 aliphatic heterocycles. The monoisotopic (exact) mass is 328 g/mol. The van der Waals surface area contributed by atoms with Crippen LogP contribution in [0, 0.1) is 5.95 Å². The van der Waals surface area contributed by atoms with Crippen molar-refractivity contribution in [3.63, 3.8) is 0 Å². The molecule has 0 aliphatic carbocycles. The summed E-state index contributed by atoms with van der Waals surface area (Å²) in [6, 6.07) is 14.4. The van der Waals surface area contributed by atoms with E-state index in [2.05, 4.69) is 10.3 Å². The molecule has 0 saturated carbocycles. The van der Waals surface area contributed by atoms with Crippen LogP contribution in [0.5, 0.6) is 5.75 Å². The predicted octanol–water partition coefficient (Wildman–Crippen LogP) is 4.11. The minimum Gasteiger partial charge on any atom is -0.487 e. The van der Waals surface area contributed by atoms with Crippen molar-refractivity contribution in [3.8, 4) is 5.75 Å². The summed E-state index contributed by atoms with van der Waals surface area (Å²) < 4.78 is 19.2. The molecule has 1 aromatic carbocycles. The van der Waals surface area contributed by atoms with Crippen LogP contribution in [0.2, 0.25) is 0 Å². The largest absolute Gasteiger partial charge is 0.487 e. The fourth-order valence-corrected chi connectivity index (χ4v) is 2.70. The van der Waals surface area contributed by atoms with Crippen molar-refractivity contribution in [2.45, 2.75) is 6.61 Å². The van der Waals surface area contributed by atoms with Gasteiger partial charge < -0.3 is 10.1 Å². The molecule has 4 nitrogen and oxygen atoms in total. The number of carbonyl (C=O) groups is 1. The van der Waals surface area contributed by atoms with E-state index >= 15 is 0 Å². The van der Waals surface area contributed by atoms with Crippen molar-refractivity contribution in [1.29, 1.82) is 0 Å². The molecule has 0 unspecified atom stereocenters. The number of carbonyl (C=O) groups excluding carboxylic acids is 1. The second-order valence-electron chi connectivity index (χ2n) is 4.68. The van der Waals surface area contributed by atoms with Gasteiger partial charge in [-0.3, -0.25) is 4.79 Å². The van der Waals surface area contributed by atoms with Crippen molar-refractivity contribution < 1.29 is 13.9 Å². The van der Waals surface area contributed by atoms with E-state index in [1.807, 2.05) is 30.3 Å². The zero-order chi connectivity index (χ0) is 16.1. The van der Waals surface area contributed by atoms with E-state index in [4.69, 9.17) is 4.74 Å². The van der Waals surface area contributed by atoms with Gasteiger partial charge in [-0.25, -0.2) is 4.98 Å². The quantitative estimate of drug-likeness (QED) is 0.717. The van der Waals surface area contributed by atoms with Crippen molar-refractivity contribution in [1.82, 2.24) is 4.98 Å². The Hall–Kier alpha value is -2.73. The number of halogens is 1. The first-order chi connectivity index (χ1) is 11.2. The average molecular weight is 328 g/mol. The number of nitrogens with zero attached hydrogens (tertiary/aromatic N) is 1. The van der Waals surface area contributed by atoms with Crippen LogP contribution in [0.4, 0.5) is 10.1 Å². The molecule has 1 N–H and O–H groups in total. The lowest BCUT2D eigenvalue weighted by atomic mass is 10.2. The third-order valence-electron chi connectivity index (χ3n) is 3.08. The van der Waals surface area contributed by atoms with Crippen LogP contribution < -0.4 is 10.1 Å². The van der Waals surface area contributed by atoms with E-state index in [1.54, 1.807) is 17.5 Å². The highest BCUT2D eigenvalue weighted by Gasteiger charge is 2.16. The molecule has 0 aliphatic rings. The number of hydrogen-bond acceptors (Lipinski definition) is 4. The SMILES string of the molecule is O=C(Nc1cccnc1F)c1sccc1OCc1ccccc1. The molecule has 2 aromatic heterocycles. The molecule has 1 amide bonds. The Morgan fingerprint density at radius 2 is 2.00 bits per heavy atom. The third-order valence-corrected chi connectivity index (χ3v) is 3.97. The van der Waals surface area contributed by atoms with Gasteiger partial charge in [-0.1, -0.05) is 30.3 Å². The maximum atomic E-state index is 13.5. The summed E-state index contributed by atoms with van der Waals surface area (Å²) in [6.45, 7) is 0.360. The summed E-state index contributed by atoms with van der Waals surface area (Å²) in [7, 11) is 0. The lowest BCUT2D eigenvalue weighted by Gasteiger charge is -2.08. The van der Waals surface area contributed by atoms with E-state index in [1.165, 1.54) is 23.6 Å². The molecule has 0 bridgehead atoms. The number of thiophene rings is 1. The number of pyridine rings is 1. The van der Waals surface area contributed by atoms with E-state index < -0.39 is 11.9 Å². The summed E-state index contributed by atoms with van der Waals surface area (Å²) in [6.07, 6.45) is 1.32. The number of anilines is 1. The normalized spacial score (nSPS) is 10.3. The van der Waals surface area contributed by atoms with Gasteiger partial charge in [0, 0.05) is 6.20 Å². The zero-order valence-corrected chi connectivity index (χ0v) is 12.8. The number of amides is 1. The average Bonchev–Trinajstić information content (AvgIpc) is 3.05. The van der Waals surface area contributed by atoms with Crippen LogP contribution in [0.1, 0.15) is 15.2 Å². The predicted molar refractivity (Wildman–Crippen MR) is 87.2 cm³/mol. The summed E-state index contributed by atoms with van der Waals surface area (Å²) in [5.41, 5.74) is 1.04. The minimum absolute atomic E-state index is 0.0416. The fraction of sp³-hybridized carbons (Fsp3) is 0.0588. The van der Waals surface area contributed by atoms with Crippen molar-refractivity contribution >= 4 is 22.9 Å². The van der Waals surface area contributed by atoms with Gasteiger partial charge >= 0.3 is 0 Å².